The number of rotatable bonds is 0. The maximum atomic E-state index is 5.65. The van der Waals surface area contributed by atoms with Gasteiger partial charge in [0.1, 0.15) is 0 Å². The fourth-order valence-corrected chi connectivity index (χ4v) is 1.68. The molecule has 0 aromatic carbocycles. The van der Waals surface area contributed by atoms with Gasteiger partial charge in [-0.25, -0.2) is 0 Å². The summed E-state index contributed by atoms with van der Waals surface area (Å²) in [5, 5.41) is 3.52. The Morgan fingerprint density at radius 2 is 2.08 bits per heavy atom. The molecule has 0 amide bonds. The maximum absolute atomic E-state index is 5.65. The van der Waals surface area contributed by atoms with Gasteiger partial charge in [-0.05, 0) is 25.7 Å². The zero-order chi connectivity index (χ0) is 9.14. The lowest BCUT2D eigenvalue weighted by molar-refractivity contribution is 0.204. The van der Waals surface area contributed by atoms with E-state index in [0.29, 0.717) is 17.9 Å². The molecule has 0 saturated carbocycles. The third kappa shape index (κ3) is 1.81. The molecule has 1 saturated heterocycles. The van der Waals surface area contributed by atoms with Crippen LogP contribution in [0.2, 0.25) is 0 Å². The lowest BCUT2D eigenvalue weighted by Crippen LogP contribution is -2.48. The van der Waals surface area contributed by atoms with Gasteiger partial charge in [0, 0.05) is 12.6 Å². The molecule has 70 valence electrons. The Morgan fingerprint density at radius 1 is 1.42 bits per heavy atom. The molecule has 4 nitrogen and oxygen atoms in total. The smallest absolute Gasteiger partial charge is 0.213 e. The summed E-state index contributed by atoms with van der Waals surface area (Å²) >= 11 is 0. The van der Waals surface area contributed by atoms with E-state index in [2.05, 4.69) is 23.8 Å². The molecule has 0 aliphatic carbocycles. The van der Waals surface area contributed by atoms with Gasteiger partial charge >= 0.3 is 0 Å². The van der Waals surface area contributed by atoms with Gasteiger partial charge in [-0.2, -0.15) is 0 Å². The molecular weight excluding hydrogens is 152 g/mol. The molecule has 4 N–H and O–H groups in total. The molecule has 1 rings (SSSR count). The zero-order valence-electron chi connectivity index (χ0n) is 7.83. The van der Waals surface area contributed by atoms with Crippen molar-refractivity contribution < 1.29 is 0 Å². The number of hydrogen-bond donors (Lipinski definition) is 2. The Morgan fingerprint density at radius 3 is 2.67 bits per heavy atom. The molecular formula is C8H18N4. The van der Waals surface area contributed by atoms with Crippen LogP contribution in [-0.4, -0.2) is 23.4 Å². The van der Waals surface area contributed by atoms with Crippen molar-refractivity contribution in [2.45, 2.75) is 32.7 Å². The third-order valence-corrected chi connectivity index (χ3v) is 2.54. The van der Waals surface area contributed by atoms with Crippen LogP contribution in [0.25, 0.3) is 0 Å². The van der Waals surface area contributed by atoms with E-state index in [1.54, 1.807) is 0 Å². The van der Waals surface area contributed by atoms with Gasteiger partial charge in [-0.3, -0.25) is 0 Å². The van der Waals surface area contributed by atoms with Crippen molar-refractivity contribution in [1.29, 1.82) is 0 Å². The van der Waals surface area contributed by atoms with Crippen molar-refractivity contribution in [3.63, 3.8) is 0 Å². The Hall–Kier alpha value is -0.930. The molecule has 0 spiro atoms. The summed E-state index contributed by atoms with van der Waals surface area (Å²) in [6.07, 6.45) is 2.45. The minimum atomic E-state index is 0.467. The van der Waals surface area contributed by atoms with Gasteiger partial charge in [-0.1, -0.05) is 6.92 Å². The maximum Gasteiger partial charge on any atom is 0.213 e. The molecule has 4 heteroatoms. The molecule has 1 aliphatic rings. The molecule has 2 atom stereocenters. The largest absolute Gasteiger partial charge is 0.368 e. The average Bonchev–Trinajstić information content (AvgIpc) is 2.08. The van der Waals surface area contributed by atoms with Crippen LogP contribution in [0.3, 0.4) is 0 Å². The van der Waals surface area contributed by atoms with Crippen molar-refractivity contribution in [3.05, 3.63) is 0 Å². The lowest BCUT2D eigenvalue weighted by Gasteiger charge is -2.37. The SMILES string of the molecule is CC1CCC(C)N(/C(N)=N/N)C1. The first kappa shape index (κ1) is 9.16. The van der Waals surface area contributed by atoms with E-state index in [-0.39, 0.29) is 0 Å². The van der Waals surface area contributed by atoms with E-state index >= 15 is 0 Å². The molecule has 2 unspecified atom stereocenters. The topological polar surface area (TPSA) is 67.6 Å². The first-order chi connectivity index (χ1) is 5.65. The number of guanidine groups is 1. The van der Waals surface area contributed by atoms with Gasteiger partial charge < -0.3 is 16.5 Å². The Bertz CT molecular complexity index is 178. The zero-order valence-corrected chi connectivity index (χ0v) is 7.83. The number of hydrazone groups is 1. The van der Waals surface area contributed by atoms with Crippen molar-refractivity contribution in [1.82, 2.24) is 4.90 Å². The highest BCUT2D eigenvalue weighted by atomic mass is 15.3. The summed E-state index contributed by atoms with van der Waals surface area (Å²) in [5.74, 6) is 6.29. The molecule has 0 radical (unpaired) electrons. The predicted molar refractivity (Wildman–Crippen MR) is 50.4 cm³/mol. The van der Waals surface area contributed by atoms with Crippen molar-refractivity contribution in [2.24, 2.45) is 22.6 Å². The van der Waals surface area contributed by atoms with Crippen molar-refractivity contribution in [2.75, 3.05) is 6.54 Å². The van der Waals surface area contributed by atoms with Gasteiger partial charge in [0.05, 0.1) is 0 Å². The highest BCUT2D eigenvalue weighted by Gasteiger charge is 2.23. The summed E-state index contributed by atoms with van der Waals surface area (Å²) in [5.41, 5.74) is 5.65. The van der Waals surface area contributed by atoms with Gasteiger partial charge in [0.2, 0.25) is 5.96 Å². The molecule has 1 aliphatic heterocycles. The highest BCUT2D eigenvalue weighted by molar-refractivity contribution is 5.78. The minimum Gasteiger partial charge on any atom is -0.368 e. The molecule has 0 aromatic rings. The van der Waals surface area contributed by atoms with E-state index in [1.807, 2.05) is 0 Å². The first-order valence-corrected chi connectivity index (χ1v) is 4.45. The van der Waals surface area contributed by atoms with E-state index in [9.17, 15) is 0 Å². The van der Waals surface area contributed by atoms with E-state index < -0.39 is 0 Å². The molecule has 0 aromatic heterocycles. The second-order valence-electron chi connectivity index (χ2n) is 3.67. The Labute approximate surface area is 73.6 Å². The summed E-state index contributed by atoms with van der Waals surface area (Å²) in [6.45, 7) is 5.36. The summed E-state index contributed by atoms with van der Waals surface area (Å²) in [7, 11) is 0. The average molecular weight is 170 g/mol. The molecule has 1 fully saturated rings. The van der Waals surface area contributed by atoms with Crippen LogP contribution in [0.1, 0.15) is 26.7 Å². The lowest BCUT2D eigenvalue weighted by atomic mass is 9.95. The van der Waals surface area contributed by atoms with Crippen LogP contribution < -0.4 is 11.6 Å². The standard InChI is InChI=1S/C8H18N4/c1-6-3-4-7(2)12(5-6)8(9)11-10/h6-7H,3-5,10H2,1-2H3,(H2,9,11). The fourth-order valence-electron chi connectivity index (χ4n) is 1.68. The van der Waals surface area contributed by atoms with Gasteiger partial charge in [0.25, 0.3) is 0 Å². The van der Waals surface area contributed by atoms with E-state index in [4.69, 9.17) is 11.6 Å². The minimum absolute atomic E-state index is 0.467. The number of hydrogen-bond acceptors (Lipinski definition) is 2. The second kappa shape index (κ2) is 3.65. The number of nitrogens with two attached hydrogens (primary N) is 2. The summed E-state index contributed by atoms with van der Waals surface area (Å²) in [4.78, 5) is 2.08. The number of nitrogens with zero attached hydrogens (tertiary/aromatic N) is 2. The van der Waals surface area contributed by atoms with Crippen LogP contribution in [0.4, 0.5) is 0 Å². The van der Waals surface area contributed by atoms with E-state index in [0.717, 1.165) is 6.54 Å². The fraction of sp³-hybridized carbons (Fsp3) is 0.875. The van der Waals surface area contributed by atoms with Crippen LogP contribution in [0.15, 0.2) is 5.10 Å². The first-order valence-electron chi connectivity index (χ1n) is 4.45. The molecule has 1 heterocycles. The number of piperidine rings is 1. The van der Waals surface area contributed by atoms with Gasteiger partial charge in [0.15, 0.2) is 0 Å². The third-order valence-electron chi connectivity index (χ3n) is 2.54. The van der Waals surface area contributed by atoms with Crippen LogP contribution in [-0.2, 0) is 0 Å². The monoisotopic (exact) mass is 170 g/mol. The molecule has 0 bridgehead atoms. The molecule has 12 heavy (non-hydrogen) atoms. The quantitative estimate of drug-likeness (QED) is 0.238. The summed E-state index contributed by atoms with van der Waals surface area (Å²) < 4.78 is 0. The van der Waals surface area contributed by atoms with Crippen LogP contribution >= 0.6 is 0 Å². The number of likely N-dealkylation sites (tertiary alicyclic amines) is 1. The van der Waals surface area contributed by atoms with Crippen molar-refractivity contribution in [3.8, 4) is 0 Å². The predicted octanol–water partition coefficient (Wildman–Crippen LogP) is 0.295. The van der Waals surface area contributed by atoms with Gasteiger partial charge in [-0.15, -0.1) is 5.10 Å². The van der Waals surface area contributed by atoms with Crippen LogP contribution in [0.5, 0.6) is 0 Å². The summed E-state index contributed by atoms with van der Waals surface area (Å²) in [6, 6.07) is 0.480. The second-order valence-corrected chi connectivity index (χ2v) is 3.67. The van der Waals surface area contributed by atoms with E-state index in [1.165, 1.54) is 12.8 Å². The van der Waals surface area contributed by atoms with Crippen LogP contribution in [0, 0.1) is 5.92 Å². The normalized spacial score (nSPS) is 32.2. The van der Waals surface area contributed by atoms with Crippen molar-refractivity contribution >= 4 is 5.96 Å². The Kier molecular flexibility index (Phi) is 2.78. The highest BCUT2D eigenvalue weighted by Crippen LogP contribution is 2.20. The Balaban J connectivity index is 2.60.